The van der Waals surface area contributed by atoms with Gasteiger partial charge in [0.15, 0.2) is 13.5 Å². The fourth-order valence-electron chi connectivity index (χ4n) is 2.84. The molecule has 0 N–H and O–H groups in total. The number of rotatable bonds is 6. The summed E-state index contributed by atoms with van der Waals surface area (Å²) in [6, 6.07) is 1.97. The minimum atomic E-state index is -1.89. The van der Waals surface area contributed by atoms with Crippen molar-refractivity contribution < 1.29 is 4.43 Å². The quantitative estimate of drug-likeness (QED) is 0.391. The number of aromatic nitrogens is 4. The molecule has 0 spiro atoms. The largest absolute Gasteiger partial charge is 0.408 e. The average molecular weight is 391 g/mol. The van der Waals surface area contributed by atoms with Crippen LogP contribution in [0.5, 0.6) is 0 Å². The van der Waals surface area contributed by atoms with Crippen LogP contribution in [0, 0.1) is 5.92 Å². The Morgan fingerprint density at radius 2 is 2.00 bits per heavy atom. The zero-order chi connectivity index (χ0) is 19.1. The van der Waals surface area contributed by atoms with Crippen LogP contribution in [0.4, 0.5) is 0 Å². The molecule has 1 unspecified atom stereocenters. The Balaban J connectivity index is 2.02. The summed E-state index contributed by atoms with van der Waals surface area (Å²) in [5, 5.41) is 5.52. The van der Waals surface area contributed by atoms with Crippen LogP contribution < -0.4 is 0 Å². The monoisotopic (exact) mass is 390 g/mol. The summed E-state index contributed by atoms with van der Waals surface area (Å²) in [6.07, 6.45) is 8.29. The number of thioether (sulfide) groups is 1. The number of nitrogens with zero attached hydrogens (tertiary/aromatic N) is 4. The molecule has 1 aliphatic carbocycles. The lowest BCUT2D eigenvalue weighted by molar-refractivity contribution is 0.152. The van der Waals surface area contributed by atoms with E-state index in [2.05, 4.69) is 43.9 Å². The van der Waals surface area contributed by atoms with E-state index < -0.39 is 8.32 Å². The van der Waals surface area contributed by atoms with Crippen LogP contribution in [0.25, 0.3) is 11.3 Å². The van der Waals surface area contributed by atoms with Crippen LogP contribution in [0.2, 0.25) is 18.1 Å². The zero-order valence-corrected chi connectivity index (χ0v) is 18.7. The maximum absolute atomic E-state index is 6.90. The Bertz CT molecular complexity index is 780. The van der Waals surface area contributed by atoms with Crippen LogP contribution in [0.1, 0.15) is 45.4 Å². The van der Waals surface area contributed by atoms with Crippen molar-refractivity contribution in [1.82, 2.24) is 19.7 Å². The van der Waals surface area contributed by atoms with E-state index in [0.29, 0.717) is 5.92 Å². The molecule has 1 atom stereocenters. The molecule has 0 radical (unpaired) electrons. The van der Waals surface area contributed by atoms with Gasteiger partial charge in [-0.25, -0.2) is 9.97 Å². The molecule has 0 aliphatic heterocycles. The van der Waals surface area contributed by atoms with E-state index in [9.17, 15) is 0 Å². The molecular weight excluding hydrogens is 360 g/mol. The standard InChI is InChI=1S/C19H30N4OSSi/c1-19(2,3)26(6,7)24-17(13-8-9-13)16-14(12-21-23(16)4)15-10-11-20-18(22-15)25-5/h10-13,17H,8-9H2,1-7H3. The molecule has 26 heavy (non-hydrogen) atoms. The highest BCUT2D eigenvalue weighted by molar-refractivity contribution is 7.98. The molecule has 1 fully saturated rings. The molecule has 0 saturated heterocycles. The first-order valence-corrected chi connectivity index (χ1v) is 13.3. The third-order valence-corrected chi connectivity index (χ3v) is 10.6. The van der Waals surface area contributed by atoms with Crippen molar-refractivity contribution in [2.24, 2.45) is 13.0 Å². The second kappa shape index (κ2) is 7.09. The predicted octanol–water partition coefficient (Wildman–Crippen LogP) is 5.07. The van der Waals surface area contributed by atoms with Crippen molar-refractivity contribution in [1.29, 1.82) is 0 Å². The van der Waals surface area contributed by atoms with Crippen LogP contribution in [-0.2, 0) is 11.5 Å². The van der Waals surface area contributed by atoms with Gasteiger partial charge in [-0.05, 0) is 49.2 Å². The summed E-state index contributed by atoms with van der Waals surface area (Å²) in [5.41, 5.74) is 3.15. The van der Waals surface area contributed by atoms with E-state index in [-0.39, 0.29) is 11.1 Å². The van der Waals surface area contributed by atoms with Crippen molar-refractivity contribution in [3.8, 4) is 11.3 Å². The van der Waals surface area contributed by atoms with Crippen LogP contribution in [-0.4, -0.2) is 34.3 Å². The summed E-state index contributed by atoms with van der Waals surface area (Å²) < 4.78 is 8.88. The molecule has 2 aromatic heterocycles. The maximum Gasteiger partial charge on any atom is 0.193 e. The van der Waals surface area contributed by atoms with Gasteiger partial charge in [-0.15, -0.1) is 0 Å². The lowest BCUT2D eigenvalue weighted by Gasteiger charge is -2.39. The Kier molecular flexibility index (Phi) is 5.34. The van der Waals surface area contributed by atoms with Gasteiger partial charge in [0.05, 0.1) is 23.7 Å². The molecule has 7 heteroatoms. The molecule has 0 amide bonds. The summed E-state index contributed by atoms with van der Waals surface area (Å²) in [6.45, 7) is 11.5. The summed E-state index contributed by atoms with van der Waals surface area (Å²) in [4.78, 5) is 9.00. The first kappa shape index (κ1) is 19.6. The van der Waals surface area contributed by atoms with E-state index in [1.807, 2.05) is 36.4 Å². The number of aryl methyl sites for hydroxylation is 1. The lowest BCUT2D eigenvalue weighted by atomic mass is 10.1. The predicted molar refractivity (Wildman–Crippen MR) is 110 cm³/mol. The Hall–Kier alpha value is -1.18. The first-order valence-electron chi connectivity index (χ1n) is 9.21. The molecule has 2 aromatic rings. The second-order valence-corrected chi connectivity index (χ2v) is 14.2. The molecular formula is C19H30N4OSSi. The molecule has 2 heterocycles. The molecule has 1 saturated carbocycles. The van der Waals surface area contributed by atoms with Crippen molar-refractivity contribution in [3.05, 3.63) is 24.2 Å². The zero-order valence-electron chi connectivity index (χ0n) is 16.9. The highest BCUT2D eigenvalue weighted by atomic mass is 32.2. The third kappa shape index (κ3) is 3.89. The second-order valence-electron chi connectivity index (χ2n) is 8.63. The van der Waals surface area contributed by atoms with Gasteiger partial charge in [-0.2, -0.15) is 5.10 Å². The summed E-state index contributed by atoms with van der Waals surface area (Å²) >= 11 is 1.56. The molecule has 5 nitrogen and oxygen atoms in total. The number of hydrogen-bond donors (Lipinski definition) is 0. The van der Waals surface area contributed by atoms with Crippen molar-refractivity contribution in [2.75, 3.05) is 6.26 Å². The van der Waals surface area contributed by atoms with Crippen LogP contribution in [0.3, 0.4) is 0 Å². The number of hydrogen-bond acceptors (Lipinski definition) is 5. The normalized spacial score (nSPS) is 16.7. The lowest BCUT2D eigenvalue weighted by Crippen LogP contribution is -2.42. The Morgan fingerprint density at radius 1 is 1.31 bits per heavy atom. The van der Waals surface area contributed by atoms with Gasteiger partial charge >= 0.3 is 0 Å². The molecule has 142 valence electrons. The van der Waals surface area contributed by atoms with Crippen molar-refractivity contribution in [3.63, 3.8) is 0 Å². The molecule has 3 rings (SSSR count). The van der Waals surface area contributed by atoms with Gasteiger partial charge in [0, 0.05) is 18.8 Å². The summed E-state index contributed by atoms with van der Waals surface area (Å²) in [7, 11) is 0.124. The topological polar surface area (TPSA) is 52.8 Å². The van der Waals surface area contributed by atoms with Gasteiger partial charge < -0.3 is 4.43 Å². The maximum atomic E-state index is 6.90. The summed E-state index contributed by atoms with van der Waals surface area (Å²) in [5.74, 6) is 0.583. The highest BCUT2D eigenvalue weighted by Crippen LogP contribution is 2.49. The van der Waals surface area contributed by atoms with Gasteiger partial charge in [-0.1, -0.05) is 32.5 Å². The molecule has 0 bridgehead atoms. The fraction of sp³-hybridized carbons (Fsp3) is 0.632. The Morgan fingerprint density at radius 3 is 2.58 bits per heavy atom. The molecule has 1 aliphatic rings. The first-order chi connectivity index (χ1) is 12.1. The highest BCUT2D eigenvalue weighted by Gasteiger charge is 2.45. The van der Waals surface area contributed by atoms with E-state index in [1.54, 1.807) is 11.8 Å². The Labute approximate surface area is 162 Å². The van der Waals surface area contributed by atoms with Crippen molar-refractivity contribution >= 4 is 20.1 Å². The fourth-order valence-corrected chi connectivity index (χ4v) is 4.49. The SMILES string of the molecule is CSc1nccc(-c2cnn(C)c2C(O[Si](C)(C)C(C)(C)C)C2CC2)n1. The van der Waals surface area contributed by atoms with Gasteiger partial charge in [-0.3, -0.25) is 4.68 Å². The minimum Gasteiger partial charge on any atom is -0.408 e. The third-order valence-electron chi connectivity index (χ3n) is 5.62. The van der Waals surface area contributed by atoms with Gasteiger partial charge in [0.2, 0.25) is 0 Å². The van der Waals surface area contributed by atoms with Crippen LogP contribution >= 0.6 is 11.8 Å². The van der Waals surface area contributed by atoms with Gasteiger partial charge in [0.1, 0.15) is 0 Å². The molecule has 0 aromatic carbocycles. The van der Waals surface area contributed by atoms with Gasteiger partial charge in [0.25, 0.3) is 0 Å². The van der Waals surface area contributed by atoms with Crippen molar-refractivity contribution in [2.45, 2.75) is 63.0 Å². The smallest absolute Gasteiger partial charge is 0.193 e. The van der Waals surface area contributed by atoms with E-state index >= 15 is 0 Å². The van der Waals surface area contributed by atoms with E-state index in [4.69, 9.17) is 9.41 Å². The minimum absolute atomic E-state index is 0.0890. The van der Waals surface area contributed by atoms with E-state index in [0.717, 1.165) is 22.1 Å². The van der Waals surface area contributed by atoms with Crippen LogP contribution in [0.15, 0.2) is 23.6 Å². The van der Waals surface area contributed by atoms with E-state index in [1.165, 1.54) is 12.8 Å². The average Bonchev–Trinajstić information content (AvgIpc) is 3.34.